The van der Waals surface area contributed by atoms with E-state index in [-0.39, 0.29) is 12.4 Å². The summed E-state index contributed by atoms with van der Waals surface area (Å²) >= 11 is 1.60. The molecule has 0 saturated heterocycles. The summed E-state index contributed by atoms with van der Waals surface area (Å²) in [5, 5.41) is 8.81. The Morgan fingerprint density at radius 3 is 2.38 bits per heavy atom. The minimum absolute atomic E-state index is 0.0272. The maximum atomic E-state index is 11.8. The first-order valence-electron chi connectivity index (χ1n) is 7.82. The van der Waals surface area contributed by atoms with Gasteiger partial charge in [0.25, 0.3) is 0 Å². The van der Waals surface area contributed by atoms with Gasteiger partial charge < -0.3 is 9.84 Å². The highest BCUT2D eigenvalue weighted by molar-refractivity contribution is 7.99. The summed E-state index contributed by atoms with van der Waals surface area (Å²) in [5.41, 5.74) is 2.43. The lowest BCUT2D eigenvalue weighted by Crippen LogP contribution is -2.05. The fraction of sp³-hybridized carbons (Fsp3) is 0.263. The molecule has 5 heteroatoms. The van der Waals surface area contributed by atoms with E-state index in [9.17, 15) is 9.59 Å². The predicted molar refractivity (Wildman–Crippen MR) is 93.7 cm³/mol. The number of benzene rings is 2. The van der Waals surface area contributed by atoms with Gasteiger partial charge in [0.15, 0.2) is 0 Å². The number of carboxylic acid groups (broad SMARTS) is 1. The van der Waals surface area contributed by atoms with Crippen LogP contribution >= 0.6 is 11.8 Å². The number of carboxylic acids is 1. The summed E-state index contributed by atoms with van der Waals surface area (Å²) in [6, 6.07) is 13.1. The number of hydrogen-bond donors (Lipinski definition) is 1. The first-order valence-corrected chi connectivity index (χ1v) is 8.63. The Labute approximate surface area is 145 Å². The minimum atomic E-state index is -0.835. The lowest BCUT2D eigenvalue weighted by atomic mass is 10.1. The zero-order valence-electron chi connectivity index (χ0n) is 13.7. The van der Waals surface area contributed by atoms with E-state index in [1.54, 1.807) is 24.8 Å². The second kappa shape index (κ2) is 8.55. The number of ether oxygens (including phenoxy) is 1. The predicted octanol–water partition coefficient (Wildman–Crippen LogP) is 4.20. The maximum Gasteiger partial charge on any atom is 0.338 e. The van der Waals surface area contributed by atoms with Crippen LogP contribution in [0.4, 0.5) is 0 Å². The van der Waals surface area contributed by atoms with E-state index < -0.39 is 5.97 Å². The Kier molecular flexibility index (Phi) is 6.44. The fourth-order valence-corrected chi connectivity index (χ4v) is 3.27. The summed E-state index contributed by atoms with van der Waals surface area (Å²) in [6.07, 6.45) is 0.839. The van der Waals surface area contributed by atoms with Gasteiger partial charge in [0.2, 0.25) is 0 Å². The molecular weight excluding hydrogens is 324 g/mol. The first kappa shape index (κ1) is 18.1. The second-order valence-electron chi connectivity index (χ2n) is 5.21. The van der Waals surface area contributed by atoms with E-state index in [4.69, 9.17) is 9.84 Å². The largest absolute Gasteiger partial charge is 0.481 e. The molecule has 0 heterocycles. The first-order chi connectivity index (χ1) is 11.5. The maximum absolute atomic E-state index is 11.8. The molecule has 2 rings (SSSR count). The van der Waals surface area contributed by atoms with Gasteiger partial charge in [0.1, 0.15) is 0 Å². The molecule has 0 aliphatic carbocycles. The number of carbonyl (C=O) groups excluding carboxylic acids is 1. The van der Waals surface area contributed by atoms with Gasteiger partial charge in [0, 0.05) is 9.79 Å². The normalized spacial score (nSPS) is 10.4. The van der Waals surface area contributed by atoms with Gasteiger partial charge >= 0.3 is 11.9 Å². The molecule has 126 valence electrons. The van der Waals surface area contributed by atoms with Gasteiger partial charge in [-0.1, -0.05) is 30.8 Å². The number of aliphatic carboxylic acids is 1. The SMILES string of the molecule is CCOC(=O)c1ccc(Sc2ccc(CC(=O)O)cc2)c(CC)c1. The van der Waals surface area contributed by atoms with Crippen molar-refractivity contribution in [1.29, 1.82) is 0 Å². The minimum Gasteiger partial charge on any atom is -0.481 e. The molecule has 0 radical (unpaired) electrons. The van der Waals surface area contributed by atoms with Gasteiger partial charge in [-0.25, -0.2) is 4.79 Å². The molecule has 1 N–H and O–H groups in total. The number of aryl methyl sites for hydroxylation is 1. The Morgan fingerprint density at radius 1 is 1.08 bits per heavy atom. The van der Waals surface area contributed by atoms with Gasteiger partial charge in [-0.15, -0.1) is 0 Å². The highest BCUT2D eigenvalue weighted by Gasteiger charge is 2.11. The van der Waals surface area contributed by atoms with Crippen LogP contribution in [0.15, 0.2) is 52.3 Å². The molecule has 2 aromatic carbocycles. The van der Waals surface area contributed by atoms with Crippen LogP contribution in [0.2, 0.25) is 0 Å². The van der Waals surface area contributed by atoms with Crippen molar-refractivity contribution in [3.8, 4) is 0 Å². The number of esters is 1. The van der Waals surface area contributed by atoms with Crippen molar-refractivity contribution in [3.05, 3.63) is 59.2 Å². The van der Waals surface area contributed by atoms with Crippen LogP contribution in [0, 0.1) is 0 Å². The molecule has 0 atom stereocenters. The molecule has 0 spiro atoms. The number of hydrogen-bond acceptors (Lipinski definition) is 4. The second-order valence-corrected chi connectivity index (χ2v) is 6.33. The molecule has 0 aliphatic rings. The summed E-state index contributed by atoms with van der Waals surface area (Å²) in [4.78, 5) is 24.7. The average molecular weight is 344 g/mol. The summed E-state index contributed by atoms with van der Waals surface area (Å²) < 4.78 is 5.04. The Hall–Kier alpha value is -2.27. The third kappa shape index (κ3) is 4.86. The van der Waals surface area contributed by atoms with Crippen LogP contribution in [0.1, 0.15) is 35.3 Å². The topological polar surface area (TPSA) is 63.6 Å². The zero-order chi connectivity index (χ0) is 17.5. The average Bonchev–Trinajstić information content (AvgIpc) is 2.56. The third-order valence-electron chi connectivity index (χ3n) is 3.46. The van der Waals surface area contributed by atoms with Crippen LogP contribution in [0.5, 0.6) is 0 Å². The molecule has 0 saturated carbocycles. The van der Waals surface area contributed by atoms with Gasteiger partial charge in [-0.05, 0) is 54.8 Å². The molecule has 0 unspecified atom stereocenters. The Bertz CT molecular complexity index is 723. The van der Waals surface area contributed by atoms with Crippen molar-refractivity contribution in [3.63, 3.8) is 0 Å². The standard InChI is InChI=1S/C19H20O4S/c1-3-14-12-15(19(22)23-4-2)7-10-17(14)24-16-8-5-13(6-9-16)11-18(20)21/h5-10,12H,3-4,11H2,1-2H3,(H,20,21). The van der Waals surface area contributed by atoms with E-state index in [0.29, 0.717) is 12.2 Å². The Morgan fingerprint density at radius 2 is 1.79 bits per heavy atom. The van der Waals surface area contributed by atoms with E-state index >= 15 is 0 Å². The molecule has 0 fully saturated rings. The van der Waals surface area contributed by atoms with E-state index in [1.807, 2.05) is 43.3 Å². The number of rotatable bonds is 7. The highest BCUT2D eigenvalue weighted by atomic mass is 32.2. The third-order valence-corrected chi connectivity index (χ3v) is 4.59. The molecule has 4 nitrogen and oxygen atoms in total. The van der Waals surface area contributed by atoms with E-state index in [1.165, 1.54) is 0 Å². The van der Waals surface area contributed by atoms with Crippen LogP contribution in [-0.2, 0) is 22.4 Å². The van der Waals surface area contributed by atoms with Crippen molar-refractivity contribution >= 4 is 23.7 Å². The smallest absolute Gasteiger partial charge is 0.338 e. The van der Waals surface area contributed by atoms with Crippen LogP contribution in [-0.4, -0.2) is 23.7 Å². The molecule has 0 bridgehead atoms. The summed E-state index contributed by atoms with van der Waals surface area (Å²) in [7, 11) is 0. The lowest BCUT2D eigenvalue weighted by Gasteiger charge is -2.10. The molecule has 2 aromatic rings. The van der Waals surface area contributed by atoms with Gasteiger partial charge in [-0.3, -0.25) is 4.79 Å². The quantitative estimate of drug-likeness (QED) is 0.763. The Balaban J connectivity index is 2.16. The van der Waals surface area contributed by atoms with Crippen molar-refractivity contribution in [1.82, 2.24) is 0 Å². The van der Waals surface area contributed by atoms with Gasteiger partial charge in [0.05, 0.1) is 18.6 Å². The van der Waals surface area contributed by atoms with Crippen LogP contribution in [0.25, 0.3) is 0 Å². The van der Waals surface area contributed by atoms with E-state index in [0.717, 1.165) is 27.3 Å². The van der Waals surface area contributed by atoms with Gasteiger partial charge in [-0.2, -0.15) is 0 Å². The van der Waals surface area contributed by atoms with Crippen molar-refractivity contribution < 1.29 is 19.4 Å². The lowest BCUT2D eigenvalue weighted by molar-refractivity contribution is -0.136. The fourth-order valence-electron chi connectivity index (χ4n) is 2.27. The van der Waals surface area contributed by atoms with Crippen molar-refractivity contribution in [2.24, 2.45) is 0 Å². The molecule has 24 heavy (non-hydrogen) atoms. The number of carbonyl (C=O) groups is 2. The molecule has 0 amide bonds. The summed E-state index contributed by atoms with van der Waals surface area (Å²) in [5.74, 6) is -1.14. The van der Waals surface area contributed by atoms with Crippen LogP contribution < -0.4 is 0 Å². The monoisotopic (exact) mass is 344 g/mol. The molecule has 0 aromatic heterocycles. The zero-order valence-corrected chi connectivity index (χ0v) is 14.6. The molecular formula is C19H20O4S. The van der Waals surface area contributed by atoms with E-state index in [2.05, 4.69) is 0 Å². The highest BCUT2D eigenvalue weighted by Crippen LogP contribution is 2.31. The molecule has 0 aliphatic heterocycles. The van der Waals surface area contributed by atoms with Crippen molar-refractivity contribution in [2.45, 2.75) is 36.5 Å². The van der Waals surface area contributed by atoms with Crippen LogP contribution in [0.3, 0.4) is 0 Å². The summed E-state index contributed by atoms with van der Waals surface area (Å²) in [6.45, 7) is 4.20. The van der Waals surface area contributed by atoms with Crippen molar-refractivity contribution in [2.75, 3.05) is 6.61 Å².